The number of benzene rings is 1. The Labute approximate surface area is 107 Å². The minimum Gasteiger partial charge on any atom is -0.385 e. The summed E-state index contributed by atoms with van der Waals surface area (Å²) in [7, 11) is 1.65. The Morgan fingerprint density at radius 3 is 2.53 bits per heavy atom. The van der Waals surface area contributed by atoms with Crippen LogP contribution in [-0.2, 0) is 10.3 Å². The zero-order valence-electron chi connectivity index (χ0n) is 10.2. The topological polar surface area (TPSA) is 41.5 Å². The molecular weight excluding hydrogens is 238 g/mol. The lowest BCUT2D eigenvalue weighted by Gasteiger charge is -2.48. The van der Waals surface area contributed by atoms with E-state index in [9.17, 15) is 5.11 Å². The molecule has 1 aromatic rings. The van der Waals surface area contributed by atoms with Crippen LogP contribution in [0, 0.1) is 0 Å². The maximum absolute atomic E-state index is 10.6. The summed E-state index contributed by atoms with van der Waals surface area (Å²) in [6, 6.07) is 7.50. The van der Waals surface area contributed by atoms with Crippen molar-refractivity contribution in [1.29, 1.82) is 0 Å². The van der Waals surface area contributed by atoms with E-state index < -0.39 is 11.2 Å². The van der Waals surface area contributed by atoms with Gasteiger partial charge in [-0.3, -0.25) is 0 Å². The Morgan fingerprint density at radius 1 is 1.35 bits per heavy atom. The van der Waals surface area contributed by atoms with Crippen molar-refractivity contribution in [2.75, 3.05) is 20.2 Å². The molecule has 4 heteroatoms. The van der Waals surface area contributed by atoms with Gasteiger partial charge in [-0.25, -0.2) is 0 Å². The third kappa shape index (κ3) is 2.08. The molecule has 0 amide bonds. The van der Waals surface area contributed by atoms with Crippen molar-refractivity contribution >= 4 is 11.6 Å². The number of hydrogen-bond donors (Lipinski definition) is 2. The summed E-state index contributed by atoms with van der Waals surface area (Å²) in [6.45, 7) is 3.15. The lowest BCUT2D eigenvalue weighted by Crippen LogP contribution is -2.61. The fourth-order valence-electron chi connectivity index (χ4n) is 2.62. The molecule has 1 fully saturated rings. The predicted molar refractivity (Wildman–Crippen MR) is 68.2 cm³/mol. The summed E-state index contributed by atoms with van der Waals surface area (Å²) in [5.74, 6) is 0. The predicted octanol–water partition coefficient (Wildman–Crippen LogP) is 1.93. The van der Waals surface area contributed by atoms with Crippen LogP contribution in [0.5, 0.6) is 0 Å². The van der Waals surface area contributed by atoms with E-state index in [-0.39, 0.29) is 0 Å². The molecule has 1 aliphatic rings. The van der Waals surface area contributed by atoms with E-state index in [2.05, 4.69) is 5.32 Å². The standard InChI is InChI=1S/C13H18ClNO2/c1-12(16)9-15-8-7-13(12,17-2)10-3-5-11(14)6-4-10/h3-6,15-16H,7-9H2,1-2H3. The number of methoxy groups -OCH3 is 1. The molecule has 17 heavy (non-hydrogen) atoms. The molecule has 1 heterocycles. The van der Waals surface area contributed by atoms with Gasteiger partial charge in [-0.15, -0.1) is 0 Å². The van der Waals surface area contributed by atoms with Crippen LogP contribution in [0.3, 0.4) is 0 Å². The number of aliphatic hydroxyl groups is 1. The summed E-state index contributed by atoms with van der Waals surface area (Å²) in [6.07, 6.45) is 0.734. The minimum absolute atomic E-state index is 0.517. The third-order valence-corrected chi connectivity index (χ3v) is 3.90. The van der Waals surface area contributed by atoms with Gasteiger partial charge in [-0.1, -0.05) is 23.7 Å². The highest BCUT2D eigenvalue weighted by atomic mass is 35.5. The molecule has 0 saturated carbocycles. The van der Waals surface area contributed by atoms with E-state index in [1.807, 2.05) is 24.3 Å². The molecule has 0 bridgehead atoms. The SMILES string of the molecule is COC1(c2ccc(Cl)cc2)CCNCC1(C)O. The van der Waals surface area contributed by atoms with Crippen molar-refractivity contribution in [2.24, 2.45) is 0 Å². The molecule has 2 atom stereocenters. The molecular formula is C13H18ClNO2. The van der Waals surface area contributed by atoms with Gasteiger partial charge in [-0.05, 0) is 37.6 Å². The molecule has 0 aromatic heterocycles. The van der Waals surface area contributed by atoms with Crippen LogP contribution in [-0.4, -0.2) is 30.9 Å². The van der Waals surface area contributed by atoms with E-state index in [1.165, 1.54) is 0 Å². The second-order valence-electron chi connectivity index (χ2n) is 4.74. The van der Waals surface area contributed by atoms with E-state index >= 15 is 0 Å². The monoisotopic (exact) mass is 255 g/mol. The number of piperidine rings is 1. The van der Waals surface area contributed by atoms with Gasteiger partial charge in [0, 0.05) is 18.7 Å². The van der Waals surface area contributed by atoms with Gasteiger partial charge >= 0.3 is 0 Å². The number of rotatable bonds is 2. The van der Waals surface area contributed by atoms with Crippen LogP contribution in [0.1, 0.15) is 18.9 Å². The quantitative estimate of drug-likeness (QED) is 0.849. The zero-order chi connectivity index (χ0) is 12.5. The summed E-state index contributed by atoms with van der Waals surface area (Å²) >= 11 is 5.89. The normalized spacial score (nSPS) is 33.6. The van der Waals surface area contributed by atoms with Gasteiger partial charge in [0.25, 0.3) is 0 Å². The first-order chi connectivity index (χ1) is 8.02. The molecule has 0 spiro atoms. The van der Waals surface area contributed by atoms with Crippen LogP contribution >= 0.6 is 11.6 Å². The van der Waals surface area contributed by atoms with Crippen molar-refractivity contribution in [3.63, 3.8) is 0 Å². The van der Waals surface area contributed by atoms with Gasteiger partial charge < -0.3 is 15.2 Å². The molecule has 1 aromatic carbocycles. The summed E-state index contributed by atoms with van der Waals surface area (Å²) in [5, 5.41) is 14.5. The maximum Gasteiger partial charge on any atom is 0.123 e. The highest BCUT2D eigenvalue weighted by molar-refractivity contribution is 6.30. The second kappa shape index (κ2) is 4.58. The van der Waals surface area contributed by atoms with Gasteiger partial charge in [0.05, 0.1) is 0 Å². The van der Waals surface area contributed by atoms with Crippen LogP contribution in [0.25, 0.3) is 0 Å². The second-order valence-corrected chi connectivity index (χ2v) is 5.18. The molecule has 1 saturated heterocycles. The molecule has 1 aliphatic heterocycles. The first kappa shape index (κ1) is 12.8. The Hall–Kier alpha value is -0.610. The first-order valence-corrected chi connectivity index (χ1v) is 6.14. The molecule has 94 valence electrons. The van der Waals surface area contributed by atoms with Crippen LogP contribution in [0.4, 0.5) is 0 Å². The Bertz CT molecular complexity index is 391. The number of β-amino-alcohol motifs (C(OH)–C–C–N with tert-alkyl or cyclic N) is 1. The molecule has 2 rings (SSSR count). The Kier molecular flexibility index (Phi) is 3.46. The van der Waals surface area contributed by atoms with Crippen LogP contribution < -0.4 is 5.32 Å². The molecule has 0 aliphatic carbocycles. The van der Waals surface area contributed by atoms with Crippen LogP contribution in [0.2, 0.25) is 5.02 Å². The van der Waals surface area contributed by atoms with E-state index in [0.29, 0.717) is 11.6 Å². The van der Waals surface area contributed by atoms with Crippen molar-refractivity contribution in [3.8, 4) is 0 Å². The maximum atomic E-state index is 10.6. The van der Waals surface area contributed by atoms with Crippen LogP contribution in [0.15, 0.2) is 24.3 Å². The number of ether oxygens (including phenoxy) is 1. The molecule has 0 radical (unpaired) electrons. The minimum atomic E-state index is -0.937. The van der Waals surface area contributed by atoms with E-state index in [4.69, 9.17) is 16.3 Å². The summed E-state index contributed by atoms with van der Waals surface area (Å²) < 4.78 is 5.69. The lowest BCUT2D eigenvalue weighted by atomic mass is 9.74. The Balaban J connectivity index is 2.45. The highest BCUT2D eigenvalue weighted by Crippen LogP contribution is 2.41. The van der Waals surface area contributed by atoms with Gasteiger partial charge in [-0.2, -0.15) is 0 Å². The lowest BCUT2D eigenvalue weighted by molar-refractivity contribution is -0.181. The molecule has 3 nitrogen and oxygen atoms in total. The Morgan fingerprint density at radius 2 is 2.00 bits per heavy atom. The highest BCUT2D eigenvalue weighted by Gasteiger charge is 2.50. The molecule has 2 N–H and O–H groups in total. The van der Waals surface area contributed by atoms with Crippen molar-refractivity contribution < 1.29 is 9.84 Å². The van der Waals surface area contributed by atoms with Gasteiger partial charge in [0.1, 0.15) is 11.2 Å². The molecule has 2 unspecified atom stereocenters. The van der Waals surface area contributed by atoms with Crippen molar-refractivity contribution in [3.05, 3.63) is 34.9 Å². The number of hydrogen-bond acceptors (Lipinski definition) is 3. The van der Waals surface area contributed by atoms with Gasteiger partial charge in [0.2, 0.25) is 0 Å². The summed E-state index contributed by atoms with van der Waals surface area (Å²) in [4.78, 5) is 0. The fourth-order valence-corrected chi connectivity index (χ4v) is 2.75. The average Bonchev–Trinajstić information content (AvgIpc) is 2.30. The van der Waals surface area contributed by atoms with E-state index in [0.717, 1.165) is 18.5 Å². The average molecular weight is 256 g/mol. The smallest absolute Gasteiger partial charge is 0.123 e. The fraction of sp³-hybridized carbons (Fsp3) is 0.538. The first-order valence-electron chi connectivity index (χ1n) is 5.76. The van der Waals surface area contributed by atoms with Gasteiger partial charge in [0.15, 0.2) is 0 Å². The van der Waals surface area contributed by atoms with Crippen molar-refractivity contribution in [1.82, 2.24) is 5.32 Å². The third-order valence-electron chi connectivity index (χ3n) is 3.65. The number of nitrogens with one attached hydrogen (secondary N) is 1. The number of halogens is 1. The zero-order valence-corrected chi connectivity index (χ0v) is 10.9. The van der Waals surface area contributed by atoms with E-state index in [1.54, 1.807) is 14.0 Å². The largest absolute Gasteiger partial charge is 0.385 e. The van der Waals surface area contributed by atoms with Crippen molar-refractivity contribution in [2.45, 2.75) is 24.5 Å². The summed E-state index contributed by atoms with van der Waals surface area (Å²) in [5.41, 5.74) is -0.632.